The van der Waals surface area contributed by atoms with Crippen molar-refractivity contribution in [2.75, 3.05) is 6.61 Å². The molecule has 0 spiro atoms. The number of ether oxygens (including phenoxy) is 5. The Balaban J connectivity index is 1.36. The van der Waals surface area contributed by atoms with Gasteiger partial charge in [0.25, 0.3) is 0 Å². The van der Waals surface area contributed by atoms with E-state index in [0.717, 1.165) is 22.3 Å². The van der Waals surface area contributed by atoms with E-state index >= 15 is 0 Å². The number of alkyl halides is 1. The zero-order valence-electron chi connectivity index (χ0n) is 22.4. The first-order valence-corrected chi connectivity index (χ1v) is 14.6. The average Bonchev–Trinajstić information content (AvgIpc) is 3.01. The first kappa shape index (κ1) is 28.7. The highest BCUT2D eigenvalue weighted by Crippen LogP contribution is 2.33. The van der Waals surface area contributed by atoms with Gasteiger partial charge in [-0.3, -0.25) is 0 Å². The molecule has 208 valence electrons. The normalized spacial score (nSPS) is 22.7. The van der Waals surface area contributed by atoms with E-state index in [9.17, 15) is 0 Å². The van der Waals surface area contributed by atoms with Crippen LogP contribution in [0.5, 0.6) is 0 Å². The smallest absolute Gasteiger partial charge is 0.141 e. The maximum absolute atomic E-state index is 6.62. The van der Waals surface area contributed by atoms with Crippen molar-refractivity contribution >= 4 is 15.9 Å². The van der Waals surface area contributed by atoms with Gasteiger partial charge in [-0.1, -0.05) is 137 Å². The molecule has 5 atom stereocenters. The summed E-state index contributed by atoms with van der Waals surface area (Å²) in [5.74, 6) is 0. The number of halogens is 1. The van der Waals surface area contributed by atoms with Gasteiger partial charge in [0.05, 0.1) is 33.0 Å². The number of benzene rings is 4. The predicted octanol–water partition coefficient (Wildman–Crippen LogP) is 7.08. The van der Waals surface area contributed by atoms with Crippen molar-refractivity contribution in [3.63, 3.8) is 0 Å². The van der Waals surface area contributed by atoms with E-state index in [1.807, 2.05) is 72.8 Å². The predicted molar refractivity (Wildman–Crippen MR) is 159 cm³/mol. The van der Waals surface area contributed by atoms with Crippen molar-refractivity contribution in [1.29, 1.82) is 0 Å². The molecule has 6 heteroatoms. The minimum Gasteiger partial charge on any atom is -0.374 e. The highest BCUT2D eigenvalue weighted by atomic mass is 79.9. The summed E-state index contributed by atoms with van der Waals surface area (Å²) in [7, 11) is 0. The highest BCUT2D eigenvalue weighted by Gasteiger charge is 2.47. The number of rotatable bonds is 13. The van der Waals surface area contributed by atoms with Crippen LogP contribution in [-0.2, 0) is 50.1 Å². The van der Waals surface area contributed by atoms with Crippen LogP contribution in [0, 0.1) is 0 Å². The fraction of sp³-hybridized carbons (Fsp3) is 0.294. The molecule has 0 N–H and O–H groups in total. The van der Waals surface area contributed by atoms with E-state index in [-0.39, 0.29) is 6.10 Å². The minimum atomic E-state index is -0.422. The van der Waals surface area contributed by atoms with Gasteiger partial charge in [0, 0.05) is 0 Å². The monoisotopic (exact) mass is 602 g/mol. The Morgan fingerprint density at radius 1 is 0.475 bits per heavy atom. The van der Waals surface area contributed by atoms with Crippen molar-refractivity contribution in [1.82, 2.24) is 0 Å². The van der Waals surface area contributed by atoms with Gasteiger partial charge in [-0.15, -0.1) is 0 Å². The molecule has 5 nitrogen and oxygen atoms in total. The Morgan fingerprint density at radius 3 is 1.30 bits per heavy atom. The third kappa shape index (κ3) is 8.33. The zero-order chi connectivity index (χ0) is 27.4. The van der Waals surface area contributed by atoms with Crippen LogP contribution in [0.15, 0.2) is 121 Å². The minimum absolute atomic E-state index is 0.354. The molecule has 0 aliphatic carbocycles. The second-order valence-electron chi connectivity index (χ2n) is 9.81. The van der Waals surface area contributed by atoms with E-state index in [2.05, 4.69) is 64.5 Å². The van der Waals surface area contributed by atoms with Crippen LogP contribution in [0.25, 0.3) is 0 Å². The van der Waals surface area contributed by atoms with Gasteiger partial charge >= 0.3 is 0 Å². The quantitative estimate of drug-likeness (QED) is 0.153. The molecule has 1 aliphatic rings. The van der Waals surface area contributed by atoms with E-state index < -0.39 is 23.3 Å². The molecule has 5 rings (SSSR count). The lowest BCUT2D eigenvalue weighted by molar-refractivity contribution is -0.253. The van der Waals surface area contributed by atoms with E-state index in [4.69, 9.17) is 23.7 Å². The van der Waals surface area contributed by atoms with Crippen LogP contribution in [0.3, 0.4) is 0 Å². The lowest BCUT2D eigenvalue weighted by Gasteiger charge is -2.44. The first-order chi connectivity index (χ1) is 19.8. The largest absolute Gasteiger partial charge is 0.374 e. The zero-order valence-corrected chi connectivity index (χ0v) is 24.0. The summed E-state index contributed by atoms with van der Waals surface area (Å²) in [4.78, 5) is 0. The summed E-state index contributed by atoms with van der Waals surface area (Å²) in [6, 6.07) is 40.6. The summed E-state index contributed by atoms with van der Waals surface area (Å²) in [6.07, 6.45) is -1.60. The average molecular weight is 604 g/mol. The third-order valence-electron chi connectivity index (χ3n) is 6.83. The van der Waals surface area contributed by atoms with Crippen molar-refractivity contribution in [3.8, 4) is 0 Å². The van der Waals surface area contributed by atoms with Crippen LogP contribution in [-0.4, -0.2) is 36.0 Å². The molecule has 4 aromatic rings. The molecule has 40 heavy (non-hydrogen) atoms. The standard InChI is InChI=1S/C34H35BrO5/c35-34-33(39-24-29-19-11-4-12-20-29)32(38-23-28-17-9-3-10-18-28)31(37-22-27-15-7-2-8-16-27)30(40-34)25-36-21-26-13-5-1-6-14-26/h1-20,30-34H,21-25H2/t30-,31-,32+,33-,34-/m1/s1. The van der Waals surface area contributed by atoms with Gasteiger partial charge < -0.3 is 23.7 Å². The van der Waals surface area contributed by atoms with Crippen LogP contribution in [0.2, 0.25) is 0 Å². The summed E-state index contributed by atoms with van der Waals surface area (Å²) in [6.45, 7) is 2.13. The van der Waals surface area contributed by atoms with Crippen LogP contribution in [0.1, 0.15) is 22.3 Å². The topological polar surface area (TPSA) is 46.2 Å². The molecule has 1 heterocycles. The Kier molecular flexibility index (Phi) is 10.9. The fourth-order valence-electron chi connectivity index (χ4n) is 4.73. The number of hydrogen-bond acceptors (Lipinski definition) is 5. The fourth-order valence-corrected chi connectivity index (χ4v) is 5.46. The van der Waals surface area contributed by atoms with E-state index in [1.54, 1.807) is 0 Å². The summed E-state index contributed by atoms with van der Waals surface area (Å²) in [5, 5.41) is -0.404. The molecule has 0 unspecified atom stereocenters. The molecular formula is C34H35BrO5. The first-order valence-electron chi connectivity index (χ1n) is 13.6. The second-order valence-corrected chi connectivity index (χ2v) is 10.7. The van der Waals surface area contributed by atoms with Crippen molar-refractivity contribution < 1.29 is 23.7 Å². The molecule has 0 bridgehead atoms. The SMILES string of the molecule is Br[C@@H]1O[C@H](COCc2ccccc2)[C@@H](OCc2ccccc2)[C@H](OCc2ccccc2)[C@H]1OCc1ccccc1. The summed E-state index contributed by atoms with van der Waals surface area (Å²) >= 11 is 3.76. The molecule has 0 radical (unpaired) electrons. The molecule has 1 fully saturated rings. The Hall–Kier alpha value is -2.84. The van der Waals surface area contributed by atoms with Crippen LogP contribution in [0.4, 0.5) is 0 Å². The Labute approximate surface area is 245 Å². The van der Waals surface area contributed by atoms with Gasteiger partial charge in [0.1, 0.15) is 29.4 Å². The molecular weight excluding hydrogens is 568 g/mol. The molecule has 0 saturated carbocycles. The summed E-state index contributed by atoms with van der Waals surface area (Å²) < 4.78 is 32.3. The molecule has 1 aliphatic heterocycles. The van der Waals surface area contributed by atoms with Gasteiger partial charge in [0.2, 0.25) is 0 Å². The lowest BCUT2D eigenvalue weighted by Crippen LogP contribution is -2.59. The maximum atomic E-state index is 6.62. The lowest BCUT2D eigenvalue weighted by atomic mass is 9.99. The van der Waals surface area contributed by atoms with E-state index in [0.29, 0.717) is 33.0 Å². The molecule has 4 aromatic carbocycles. The molecule has 0 amide bonds. The van der Waals surface area contributed by atoms with Crippen LogP contribution >= 0.6 is 15.9 Å². The molecule has 0 aromatic heterocycles. The van der Waals surface area contributed by atoms with Crippen LogP contribution < -0.4 is 0 Å². The number of hydrogen-bond donors (Lipinski definition) is 0. The molecule has 1 saturated heterocycles. The Morgan fingerprint density at radius 2 is 0.850 bits per heavy atom. The highest BCUT2D eigenvalue weighted by molar-refractivity contribution is 9.09. The van der Waals surface area contributed by atoms with Crippen molar-refractivity contribution in [2.45, 2.75) is 55.9 Å². The second kappa shape index (κ2) is 15.2. The van der Waals surface area contributed by atoms with Gasteiger partial charge in [-0.05, 0) is 22.3 Å². The Bertz CT molecular complexity index is 1240. The van der Waals surface area contributed by atoms with Crippen molar-refractivity contribution in [2.24, 2.45) is 0 Å². The van der Waals surface area contributed by atoms with Gasteiger partial charge in [-0.2, -0.15) is 0 Å². The summed E-state index contributed by atoms with van der Waals surface area (Å²) in [5.41, 5.74) is 4.35. The van der Waals surface area contributed by atoms with Gasteiger partial charge in [0.15, 0.2) is 0 Å². The maximum Gasteiger partial charge on any atom is 0.141 e. The third-order valence-corrected chi connectivity index (χ3v) is 7.56. The van der Waals surface area contributed by atoms with Gasteiger partial charge in [-0.25, -0.2) is 0 Å². The van der Waals surface area contributed by atoms with Crippen molar-refractivity contribution in [3.05, 3.63) is 144 Å². The van der Waals surface area contributed by atoms with E-state index in [1.165, 1.54) is 0 Å².